The fourth-order valence-electron chi connectivity index (χ4n) is 1.64. The first-order chi connectivity index (χ1) is 9.54. The number of hydrogen-bond donors (Lipinski definition) is 3. The average Bonchev–Trinajstić information content (AvgIpc) is 3.18. The second-order valence-corrected chi connectivity index (χ2v) is 5.08. The van der Waals surface area contributed by atoms with Crippen LogP contribution in [-0.4, -0.2) is 47.5 Å². The summed E-state index contributed by atoms with van der Waals surface area (Å²) in [5.74, 6) is 1.23. The Morgan fingerprint density at radius 2 is 2.10 bits per heavy atom. The number of rotatable bonds is 7. The zero-order chi connectivity index (χ0) is 14.5. The molecule has 20 heavy (non-hydrogen) atoms. The number of carbonyl (C=O) groups excluding carboxylic acids is 1. The van der Waals surface area contributed by atoms with Gasteiger partial charge in [-0.05, 0) is 19.3 Å². The number of nitrogen functional groups attached to an aromatic ring is 1. The van der Waals surface area contributed by atoms with Gasteiger partial charge in [0.1, 0.15) is 0 Å². The Morgan fingerprint density at radius 1 is 1.35 bits per heavy atom. The molecule has 8 nitrogen and oxygen atoms in total. The van der Waals surface area contributed by atoms with E-state index in [1.807, 2.05) is 14.1 Å². The van der Waals surface area contributed by atoms with Gasteiger partial charge in [0.2, 0.25) is 23.8 Å². The van der Waals surface area contributed by atoms with Crippen molar-refractivity contribution in [1.82, 2.24) is 20.3 Å². The maximum atomic E-state index is 11.5. The van der Waals surface area contributed by atoms with Crippen LogP contribution in [0.1, 0.15) is 25.7 Å². The predicted molar refractivity (Wildman–Crippen MR) is 77.5 cm³/mol. The summed E-state index contributed by atoms with van der Waals surface area (Å²) < 4.78 is 0. The second kappa shape index (κ2) is 6.36. The standard InChI is InChI=1S/C12H21N7O/c1-19(2)12-17-10(13)16-11(18-12)14-7-3-4-9(20)15-8-5-6-8/h8H,3-7H2,1-2H3,(H,15,20)(H3,13,14,16,17,18). The van der Waals surface area contributed by atoms with Gasteiger partial charge in [0, 0.05) is 33.1 Å². The molecule has 0 unspecified atom stereocenters. The van der Waals surface area contributed by atoms with Crippen LogP contribution in [0.3, 0.4) is 0 Å². The van der Waals surface area contributed by atoms with Crippen LogP contribution in [0.15, 0.2) is 0 Å². The number of hydrogen-bond acceptors (Lipinski definition) is 7. The molecule has 1 amide bonds. The quantitative estimate of drug-likeness (QED) is 0.602. The molecule has 0 radical (unpaired) electrons. The first kappa shape index (κ1) is 14.3. The van der Waals surface area contributed by atoms with Crippen molar-refractivity contribution in [3.63, 3.8) is 0 Å². The number of nitrogens with zero attached hydrogens (tertiary/aromatic N) is 4. The minimum atomic E-state index is 0.110. The molecule has 1 aromatic rings. The molecule has 2 rings (SSSR count). The number of carbonyl (C=O) groups is 1. The van der Waals surface area contributed by atoms with Crippen molar-refractivity contribution in [1.29, 1.82) is 0 Å². The summed E-state index contributed by atoms with van der Waals surface area (Å²) in [7, 11) is 3.67. The molecule has 1 fully saturated rings. The molecule has 8 heteroatoms. The van der Waals surface area contributed by atoms with E-state index in [9.17, 15) is 4.79 Å². The average molecular weight is 279 g/mol. The van der Waals surface area contributed by atoms with Crippen LogP contribution in [0.4, 0.5) is 17.8 Å². The third kappa shape index (κ3) is 4.52. The molecule has 1 aromatic heterocycles. The first-order valence-corrected chi connectivity index (χ1v) is 6.76. The normalized spacial score (nSPS) is 13.9. The Bertz CT molecular complexity index is 473. The molecular formula is C12H21N7O. The lowest BCUT2D eigenvalue weighted by atomic mass is 10.3. The summed E-state index contributed by atoms with van der Waals surface area (Å²) in [5.41, 5.74) is 5.62. The topological polar surface area (TPSA) is 109 Å². The zero-order valence-corrected chi connectivity index (χ0v) is 11.9. The Hall–Kier alpha value is -2.12. The molecule has 0 aromatic carbocycles. The van der Waals surface area contributed by atoms with Crippen molar-refractivity contribution in [2.75, 3.05) is 36.6 Å². The number of amides is 1. The monoisotopic (exact) mass is 279 g/mol. The lowest BCUT2D eigenvalue weighted by Gasteiger charge is -2.12. The van der Waals surface area contributed by atoms with Gasteiger partial charge in [-0.15, -0.1) is 0 Å². The van der Waals surface area contributed by atoms with E-state index in [1.165, 1.54) is 0 Å². The van der Waals surface area contributed by atoms with E-state index in [4.69, 9.17) is 5.73 Å². The van der Waals surface area contributed by atoms with E-state index in [1.54, 1.807) is 4.90 Å². The number of aromatic nitrogens is 3. The minimum Gasteiger partial charge on any atom is -0.368 e. The fourth-order valence-corrected chi connectivity index (χ4v) is 1.64. The lowest BCUT2D eigenvalue weighted by Crippen LogP contribution is -2.25. The van der Waals surface area contributed by atoms with Crippen molar-refractivity contribution < 1.29 is 4.79 Å². The Balaban J connectivity index is 1.74. The molecule has 4 N–H and O–H groups in total. The van der Waals surface area contributed by atoms with Gasteiger partial charge in [0.25, 0.3) is 0 Å². The van der Waals surface area contributed by atoms with Crippen molar-refractivity contribution in [2.45, 2.75) is 31.7 Å². The smallest absolute Gasteiger partial charge is 0.231 e. The van der Waals surface area contributed by atoms with Gasteiger partial charge in [0.05, 0.1) is 0 Å². The molecule has 1 heterocycles. The number of anilines is 3. The number of nitrogens with one attached hydrogen (secondary N) is 2. The molecule has 1 aliphatic carbocycles. The van der Waals surface area contributed by atoms with Crippen LogP contribution in [0.5, 0.6) is 0 Å². The highest BCUT2D eigenvalue weighted by molar-refractivity contribution is 5.76. The molecule has 1 saturated carbocycles. The second-order valence-electron chi connectivity index (χ2n) is 5.08. The molecule has 0 bridgehead atoms. The summed E-state index contributed by atoms with van der Waals surface area (Å²) >= 11 is 0. The summed E-state index contributed by atoms with van der Waals surface area (Å²) in [6.45, 7) is 0.619. The third-order valence-electron chi connectivity index (χ3n) is 2.85. The summed E-state index contributed by atoms with van der Waals surface area (Å²) in [6, 6.07) is 0.418. The van der Waals surface area contributed by atoms with Gasteiger partial charge in [-0.1, -0.05) is 0 Å². The van der Waals surface area contributed by atoms with E-state index in [0.717, 1.165) is 19.3 Å². The van der Waals surface area contributed by atoms with Gasteiger partial charge in [-0.2, -0.15) is 15.0 Å². The van der Waals surface area contributed by atoms with Crippen molar-refractivity contribution in [3.05, 3.63) is 0 Å². The van der Waals surface area contributed by atoms with Crippen LogP contribution in [0.2, 0.25) is 0 Å². The molecule has 110 valence electrons. The van der Waals surface area contributed by atoms with Crippen molar-refractivity contribution >= 4 is 23.8 Å². The Labute approximate surface area is 118 Å². The molecular weight excluding hydrogens is 258 g/mol. The summed E-state index contributed by atoms with van der Waals surface area (Å²) in [6.07, 6.45) is 3.45. The van der Waals surface area contributed by atoms with E-state index in [2.05, 4.69) is 25.6 Å². The van der Waals surface area contributed by atoms with E-state index < -0.39 is 0 Å². The SMILES string of the molecule is CN(C)c1nc(N)nc(NCCCC(=O)NC2CC2)n1. The van der Waals surface area contributed by atoms with Crippen LogP contribution < -0.4 is 21.3 Å². The van der Waals surface area contributed by atoms with Gasteiger partial charge in [0.15, 0.2) is 0 Å². The highest BCUT2D eigenvalue weighted by atomic mass is 16.1. The van der Waals surface area contributed by atoms with Crippen LogP contribution >= 0.6 is 0 Å². The minimum absolute atomic E-state index is 0.110. The Kier molecular flexibility index (Phi) is 4.54. The van der Waals surface area contributed by atoms with E-state index >= 15 is 0 Å². The zero-order valence-electron chi connectivity index (χ0n) is 11.9. The van der Waals surface area contributed by atoms with Gasteiger partial charge in [-0.3, -0.25) is 4.79 Å². The lowest BCUT2D eigenvalue weighted by molar-refractivity contribution is -0.121. The van der Waals surface area contributed by atoms with Crippen LogP contribution in [0, 0.1) is 0 Å². The number of nitrogens with two attached hydrogens (primary N) is 1. The highest BCUT2D eigenvalue weighted by Crippen LogP contribution is 2.18. The van der Waals surface area contributed by atoms with Crippen molar-refractivity contribution in [3.8, 4) is 0 Å². The van der Waals surface area contributed by atoms with Gasteiger partial charge in [-0.25, -0.2) is 0 Å². The third-order valence-corrected chi connectivity index (χ3v) is 2.85. The molecule has 0 saturated heterocycles. The van der Waals surface area contributed by atoms with Gasteiger partial charge >= 0.3 is 0 Å². The van der Waals surface area contributed by atoms with Gasteiger partial charge < -0.3 is 21.3 Å². The maximum Gasteiger partial charge on any atom is 0.231 e. The molecule has 0 spiro atoms. The highest BCUT2D eigenvalue weighted by Gasteiger charge is 2.22. The Morgan fingerprint density at radius 3 is 2.75 bits per heavy atom. The molecule has 1 aliphatic rings. The predicted octanol–water partition coefficient (Wildman–Crippen LogP) is -0.00950. The largest absolute Gasteiger partial charge is 0.368 e. The summed E-state index contributed by atoms with van der Waals surface area (Å²) in [5, 5.41) is 6.01. The summed E-state index contributed by atoms with van der Waals surface area (Å²) in [4.78, 5) is 25.5. The van der Waals surface area contributed by atoms with Crippen LogP contribution in [-0.2, 0) is 4.79 Å². The van der Waals surface area contributed by atoms with E-state index in [-0.39, 0.29) is 11.9 Å². The van der Waals surface area contributed by atoms with E-state index in [0.29, 0.717) is 30.9 Å². The van der Waals surface area contributed by atoms with Crippen LogP contribution in [0.25, 0.3) is 0 Å². The molecule has 0 atom stereocenters. The maximum absolute atomic E-state index is 11.5. The fraction of sp³-hybridized carbons (Fsp3) is 0.667. The first-order valence-electron chi connectivity index (χ1n) is 6.76. The van der Waals surface area contributed by atoms with Crippen molar-refractivity contribution in [2.24, 2.45) is 0 Å². The molecule has 0 aliphatic heterocycles.